The van der Waals surface area contributed by atoms with Gasteiger partial charge in [-0.2, -0.15) is 5.26 Å². The van der Waals surface area contributed by atoms with Crippen LogP contribution in [0.4, 0.5) is 5.69 Å². The number of likely N-dealkylation sites (tertiary alicyclic amines) is 1. The van der Waals surface area contributed by atoms with Crippen molar-refractivity contribution < 1.29 is 19.1 Å². The number of benzene rings is 3. The number of nitriles is 1. The normalized spacial score (nSPS) is 19.4. The molecule has 1 amide bonds. The Kier molecular flexibility index (Phi) is 8.50. The van der Waals surface area contributed by atoms with Gasteiger partial charge in [-0.15, -0.1) is 0 Å². The van der Waals surface area contributed by atoms with Crippen molar-refractivity contribution in [2.45, 2.75) is 52.7 Å². The third-order valence-electron chi connectivity index (χ3n) is 10.4. The van der Waals surface area contributed by atoms with Crippen molar-refractivity contribution in [1.82, 2.24) is 24.3 Å². The fraction of sp³-hybridized carbons (Fsp3) is 0.342. The van der Waals surface area contributed by atoms with Crippen LogP contribution in [0.5, 0.6) is 0 Å². The third kappa shape index (κ3) is 5.83. The van der Waals surface area contributed by atoms with Gasteiger partial charge in [0.15, 0.2) is 11.4 Å². The molecule has 2 aliphatic heterocycles. The highest BCUT2D eigenvalue weighted by atomic mass is 35.5. The largest absolute Gasteiger partial charge is 0.481 e. The SMILES string of the molecule is Cc1c(-c2nc3cc(CN4CC[C@@](C)(C(=O)O)C4)cc(C#N)c3o2)cccc1-c1cccc(NC(=O)c2nc3c(n2C)CC(C)N(C)C3)c1Cl. The number of imidazole rings is 1. The molecule has 0 radical (unpaired) electrons. The molecule has 2 aliphatic rings. The maximum Gasteiger partial charge on any atom is 0.310 e. The van der Waals surface area contributed by atoms with Crippen LogP contribution >= 0.6 is 11.6 Å². The molecule has 0 bridgehead atoms. The Morgan fingerprint density at radius 1 is 1.14 bits per heavy atom. The molecular weight excluding hydrogens is 654 g/mol. The number of fused-ring (bicyclic) bond motifs is 2. The predicted octanol–water partition coefficient (Wildman–Crippen LogP) is 6.65. The van der Waals surface area contributed by atoms with E-state index in [2.05, 4.69) is 40.1 Å². The first kappa shape index (κ1) is 33.5. The number of carbonyl (C=O) groups is 2. The highest BCUT2D eigenvalue weighted by molar-refractivity contribution is 6.36. The van der Waals surface area contributed by atoms with Crippen LogP contribution in [-0.4, -0.2) is 67.5 Å². The monoisotopic (exact) mass is 691 g/mol. The summed E-state index contributed by atoms with van der Waals surface area (Å²) in [6.45, 7) is 8.19. The molecule has 2 atom stereocenters. The Balaban J connectivity index is 1.17. The Morgan fingerprint density at radius 3 is 2.62 bits per heavy atom. The van der Waals surface area contributed by atoms with Crippen molar-refractivity contribution in [3.8, 4) is 28.7 Å². The van der Waals surface area contributed by atoms with Gasteiger partial charge in [-0.25, -0.2) is 9.97 Å². The molecule has 0 saturated carbocycles. The number of carboxylic acid groups (broad SMARTS) is 1. The number of likely N-dealkylation sites (N-methyl/N-ethyl adjacent to an activating group) is 1. The average molecular weight is 692 g/mol. The van der Waals surface area contributed by atoms with Gasteiger partial charge in [0.05, 0.1) is 27.4 Å². The number of nitrogens with zero attached hydrogens (tertiary/aromatic N) is 6. The number of carboxylic acids is 1. The summed E-state index contributed by atoms with van der Waals surface area (Å²) in [4.78, 5) is 39.0. The molecule has 1 saturated heterocycles. The van der Waals surface area contributed by atoms with Crippen LogP contribution in [-0.2, 0) is 31.4 Å². The van der Waals surface area contributed by atoms with E-state index in [1.54, 1.807) is 19.1 Å². The molecule has 5 aromatic rings. The molecule has 11 nitrogen and oxygen atoms in total. The zero-order valence-electron chi connectivity index (χ0n) is 28.7. The lowest BCUT2D eigenvalue weighted by Gasteiger charge is -2.29. The van der Waals surface area contributed by atoms with E-state index in [0.29, 0.717) is 77.7 Å². The van der Waals surface area contributed by atoms with Crippen molar-refractivity contribution in [1.29, 1.82) is 5.26 Å². The minimum Gasteiger partial charge on any atom is -0.481 e. The fourth-order valence-corrected chi connectivity index (χ4v) is 7.45. The molecule has 0 aliphatic carbocycles. The van der Waals surface area contributed by atoms with E-state index in [9.17, 15) is 20.0 Å². The van der Waals surface area contributed by atoms with Gasteiger partial charge in [0, 0.05) is 56.0 Å². The number of halogens is 1. The van der Waals surface area contributed by atoms with Crippen LogP contribution in [0.15, 0.2) is 52.9 Å². The summed E-state index contributed by atoms with van der Waals surface area (Å²) in [6, 6.07) is 17.6. The number of amides is 1. The fourth-order valence-electron chi connectivity index (χ4n) is 7.18. The van der Waals surface area contributed by atoms with Crippen LogP contribution in [0.1, 0.15) is 59.0 Å². The van der Waals surface area contributed by atoms with Crippen molar-refractivity contribution >= 4 is 40.3 Å². The number of hydrogen-bond acceptors (Lipinski definition) is 8. The lowest BCUT2D eigenvalue weighted by molar-refractivity contribution is -0.147. The molecule has 0 spiro atoms. The van der Waals surface area contributed by atoms with E-state index in [1.165, 1.54) is 0 Å². The van der Waals surface area contributed by atoms with Crippen molar-refractivity contribution in [2.24, 2.45) is 12.5 Å². The number of hydrogen-bond donors (Lipinski definition) is 2. The Bertz CT molecular complexity index is 2230. The van der Waals surface area contributed by atoms with Gasteiger partial charge in [-0.1, -0.05) is 35.9 Å². The van der Waals surface area contributed by atoms with Gasteiger partial charge in [0.2, 0.25) is 5.89 Å². The molecule has 2 aromatic heterocycles. The standard InChI is InChI=1S/C38H38ClN7O4/c1-21-14-31-30(19-44(21)4)41-34(45(31)5)35(47)42-28-11-7-10-27(32(28)39)25-8-6-9-26(22(25)2)36-43-29-16-23(15-24(17-40)33(29)50-36)18-46-13-12-38(3,20-46)37(48)49/h6-11,15-16,21H,12-14,18-20H2,1-5H3,(H,42,47)(H,48,49)/t21?,38-/m1/s1. The van der Waals surface area contributed by atoms with E-state index in [4.69, 9.17) is 21.0 Å². The summed E-state index contributed by atoms with van der Waals surface area (Å²) in [6.07, 6.45) is 1.39. The zero-order valence-corrected chi connectivity index (χ0v) is 29.4. The summed E-state index contributed by atoms with van der Waals surface area (Å²) >= 11 is 6.99. The number of rotatable bonds is 7. The molecule has 4 heterocycles. The molecule has 1 unspecified atom stereocenters. The maximum atomic E-state index is 13.5. The minimum absolute atomic E-state index is 0.332. The molecule has 3 aromatic carbocycles. The second kappa shape index (κ2) is 12.7. The van der Waals surface area contributed by atoms with Crippen LogP contribution in [0.3, 0.4) is 0 Å². The van der Waals surface area contributed by atoms with Crippen LogP contribution in [0.2, 0.25) is 5.02 Å². The van der Waals surface area contributed by atoms with Gasteiger partial charge >= 0.3 is 5.97 Å². The smallest absolute Gasteiger partial charge is 0.310 e. The van der Waals surface area contributed by atoms with Crippen LogP contribution < -0.4 is 5.32 Å². The summed E-state index contributed by atoms with van der Waals surface area (Å²) in [5.74, 6) is -0.421. The van der Waals surface area contributed by atoms with E-state index < -0.39 is 11.4 Å². The van der Waals surface area contributed by atoms with Crippen LogP contribution in [0, 0.1) is 23.7 Å². The molecule has 50 heavy (non-hydrogen) atoms. The van der Waals surface area contributed by atoms with Gasteiger partial charge in [-0.3, -0.25) is 19.4 Å². The Labute approximate surface area is 295 Å². The zero-order chi connectivity index (χ0) is 35.5. The Morgan fingerprint density at radius 2 is 1.88 bits per heavy atom. The van der Waals surface area contributed by atoms with Crippen molar-refractivity contribution in [3.63, 3.8) is 0 Å². The lowest BCUT2D eigenvalue weighted by atomic mass is 9.90. The minimum atomic E-state index is -0.796. The number of aromatic nitrogens is 3. The van der Waals surface area contributed by atoms with Gasteiger partial charge < -0.3 is 19.4 Å². The number of oxazole rings is 1. The quantitative estimate of drug-likeness (QED) is 0.192. The first-order chi connectivity index (χ1) is 23.9. The van der Waals surface area contributed by atoms with Crippen LogP contribution in [0.25, 0.3) is 33.7 Å². The summed E-state index contributed by atoms with van der Waals surface area (Å²) in [7, 11) is 3.94. The molecule has 2 N–H and O–H groups in total. The summed E-state index contributed by atoms with van der Waals surface area (Å²) < 4.78 is 8.10. The highest BCUT2D eigenvalue weighted by Gasteiger charge is 2.40. The molecular formula is C38H38ClN7O4. The second-order valence-corrected chi connectivity index (χ2v) is 14.3. The lowest BCUT2D eigenvalue weighted by Crippen LogP contribution is -2.35. The second-order valence-electron chi connectivity index (χ2n) is 13.9. The third-order valence-corrected chi connectivity index (χ3v) is 10.8. The molecule has 256 valence electrons. The maximum absolute atomic E-state index is 13.5. The molecule has 7 rings (SSSR count). The van der Waals surface area contributed by atoms with E-state index in [1.807, 2.05) is 54.9 Å². The number of nitrogens with one attached hydrogen (secondary N) is 1. The highest BCUT2D eigenvalue weighted by Crippen LogP contribution is 2.40. The average Bonchev–Trinajstić information content (AvgIpc) is 3.78. The summed E-state index contributed by atoms with van der Waals surface area (Å²) in [5, 5.41) is 23.0. The Hall–Kier alpha value is -5.02. The van der Waals surface area contributed by atoms with Gasteiger partial charge in [0.25, 0.3) is 5.91 Å². The topological polar surface area (TPSA) is 141 Å². The van der Waals surface area contributed by atoms with Crippen molar-refractivity contribution in [2.75, 3.05) is 25.5 Å². The van der Waals surface area contributed by atoms with E-state index >= 15 is 0 Å². The van der Waals surface area contributed by atoms with E-state index in [0.717, 1.165) is 45.6 Å². The summed E-state index contributed by atoms with van der Waals surface area (Å²) in [5.41, 5.74) is 7.03. The number of aliphatic carboxylic acids is 1. The first-order valence-corrected chi connectivity index (χ1v) is 17.0. The van der Waals surface area contributed by atoms with Gasteiger partial charge in [-0.05, 0) is 81.7 Å². The molecule has 1 fully saturated rings. The number of carbonyl (C=O) groups excluding carboxylic acids is 1. The molecule has 12 heteroatoms. The van der Waals surface area contributed by atoms with Gasteiger partial charge in [0.1, 0.15) is 11.6 Å². The first-order valence-electron chi connectivity index (χ1n) is 16.6. The number of anilines is 1. The van der Waals surface area contributed by atoms with Crippen molar-refractivity contribution in [3.05, 3.63) is 87.5 Å². The van der Waals surface area contributed by atoms with E-state index in [-0.39, 0.29) is 5.91 Å². The predicted molar refractivity (Wildman–Crippen MR) is 191 cm³/mol.